The topological polar surface area (TPSA) is 17.1 Å². The Kier molecular flexibility index (Phi) is 3.56. The Hall–Kier alpha value is -0.930. The average Bonchev–Trinajstić information content (AvgIpc) is 2.68. The van der Waals surface area contributed by atoms with Crippen LogP contribution in [0.5, 0.6) is 0 Å². The molecule has 0 unspecified atom stereocenters. The summed E-state index contributed by atoms with van der Waals surface area (Å²) in [5.41, 5.74) is 2.11. The quantitative estimate of drug-likeness (QED) is 0.774. The van der Waals surface area contributed by atoms with E-state index in [-0.39, 0.29) is 5.78 Å². The molecule has 0 amide bonds. The molecule has 1 aromatic heterocycles. The summed E-state index contributed by atoms with van der Waals surface area (Å²) in [6, 6.07) is 9.83. The maximum atomic E-state index is 12.0. The highest BCUT2D eigenvalue weighted by molar-refractivity contribution is 9.10. The second-order valence-corrected chi connectivity index (χ2v) is 5.39. The summed E-state index contributed by atoms with van der Waals surface area (Å²) in [5, 5.41) is 1.96. The maximum Gasteiger partial charge on any atom is 0.177 e. The van der Waals surface area contributed by atoms with E-state index in [0.717, 1.165) is 20.5 Å². The first-order valence-electron chi connectivity index (χ1n) is 4.99. The standard InChI is InChI=1S/C13H11BrOS/c1-9-6-7-16-13(9)12(15)8-10-4-2-3-5-11(10)14/h2-7H,8H2,1H3. The van der Waals surface area contributed by atoms with Gasteiger partial charge >= 0.3 is 0 Å². The molecular formula is C13H11BrOS. The molecule has 1 nitrogen and oxygen atoms in total. The number of aryl methyl sites for hydroxylation is 1. The molecule has 2 aromatic rings. The number of carbonyl (C=O) groups is 1. The summed E-state index contributed by atoms with van der Waals surface area (Å²) in [5.74, 6) is 0.194. The molecule has 0 radical (unpaired) electrons. The number of benzene rings is 1. The molecule has 2 rings (SSSR count). The molecular weight excluding hydrogens is 284 g/mol. The van der Waals surface area contributed by atoms with Gasteiger partial charge in [0.25, 0.3) is 0 Å². The van der Waals surface area contributed by atoms with E-state index in [0.29, 0.717) is 6.42 Å². The zero-order chi connectivity index (χ0) is 11.5. The Morgan fingerprint density at radius 3 is 2.69 bits per heavy atom. The van der Waals surface area contributed by atoms with Crippen LogP contribution in [0.3, 0.4) is 0 Å². The highest BCUT2D eigenvalue weighted by atomic mass is 79.9. The number of hydrogen-bond donors (Lipinski definition) is 0. The minimum Gasteiger partial charge on any atom is -0.293 e. The van der Waals surface area contributed by atoms with Crippen LogP contribution in [0.2, 0.25) is 0 Å². The summed E-state index contributed by atoms with van der Waals surface area (Å²) in [4.78, 5) is 12.9. The molecule has 0 N–H and O–H groups in total. The van der Waals surface area contributed by atoms with E-state index in [1.807, 2.05) is 42.6 Å². The highest BCUT2D eigenvalue weighted by Crippen LogP contribution is 2.21. The molecule has 0 aliphatic rings. The number of hydrogen-bond acceptors (Lipinski definition) is 2. The number of Topliss-reactive ketones (excluding diaryl/α,β-unsaturated/α-hetero) is 1. The molecule has 0 saturated carbocycles. The van der Waals surface area contributed by atoms with E-state index in [1.165, 1.54) is 11.3 Å². The number of rotatable bonds is 3. The fourth-order valence-electron chi connectivity index (χ4n) is 1.55. The van der Waals surface area contributed by atoms with Crippen LogP contribution in [0, 0.1) is 6.92 Å². The van der Waals surface area contributed by atoms with E-state index >= 15 is 0 Å². The van der Waals surface area contributed by atoms with Gasteiger partial charge in [0.1, 0.15) is 0 Å². The molecule has 1 aromatic carbocycles. The number of ketones is 1. The normalized spacial score (nSPS) is 10.4. The molecule has 3 heteroatoms. The Morgan fingerprint density at radius 2 is 2.06 bits per heavy atom. The van der Waals surface area contributed by atoms with Crippen molar-refractivity contribution in [2.45, 2.75) is 13.3 Å². The lowest BCUT2D eigenvalue weighted by Crippen LogP contribution is -2.03. The van der Waals surface area contributed by atoms with Crippen molar-refractivity contribution in [2.75, 3.05) is 0 Å². The predicted molar refractivity (Wildman–Crippen MR) is 71.2 cm³/mol. The van der Waals surface area contributed by atoms with Gasteiger partial charge < -0.3 is 0 Å². The largest absolute Gasteiger partial charge is 0.293 e. The van der Waals surface area contributed by atoms with Crippen LogP contribution in [0.25, 0.3) is 0 Å². The lowest BCUT2D eigenvalue weighted by Gasteiger charge is -2.03. The van der Waals surface area contributed by atoms with Crippen LogP contribution in [0.1, 0.15) is 20.8 Å². The van der Waals surface area contributed by atoms with Crippen molar-refractivity contribution in [3.8, 4) is 0 Å². The van der Waals surface area contributed by atoms with Crippen LogP contribution in [-0.4, -0.2) is 5.78 Å². The zero-order valence-electron chi connectivity index (χ0n) is 8.87. The predicted octanol–water partition coefficient (Wildman–Crippen LogP) is 4.24. The second-order valence-electron chi connectivity index (χ2n) is 3.62. The molecule has 0 fully saturated rings. The summed E-state index contributed by atoms with van der Waals surface area (Å²) in [6.45, 7) is 1.98. The second kappa shape index (κ2) is 4.93. The minimum absolute atomic E-state index is 0.194. The summed E-state index contributed by atoms with van der Waals surface area (Å²) in [7, 11) is 0. The molecule has 1 heterocycles. The van der Waals surface area contributed by atoms with Gasteiger partial charge in [0.15, 0.2) is 5.78 Å². The van der Waals surface area contributed by atoms with Crippen molar-refractivity contribution in [1.82, 2.24) is 0 Å². The van der Waals surface area contributed by atoms with Gasteiger partial charge in [-0.1, -0.05) is 34.1 Å². The van der Waals surface area contributed by atoms with Crippen molar-refractivity contribution in [3.63, 3.8) is 0 Å². The van der Waals surface area contributed by atoms with Crippen molar-refractivity contribution in [1.29, 1.82) is 0 Å². The van der Waals surface area contributed by atoms with E-state index in [2.05, 4.69) is 15.9 Å². The van der Waals surface area contributed by atoms with Crippen LogP contribution in [0.4, 0.5) is 0 Å². The first kappa shape index (κ1) is 11.6. The molecule has 0 aliphatic carbocycles. The van der Waals surface area contributed by atoms with Gasteiger partial charge in [-0.05, 0) is 35.6 Å². The summed E-state index contributed by atoms with van der Waals surface area (Å²) in [6.07, 6.45) is 0.461. The van der Waals surface area contributed by atoms with Gasteiger partial charge in [0, 0.05) is 10.9 Å². The fraction of sp³-hybridized carbons (Fsp3) is 0.154. The van der Waals surface area contributed by atoms with E-state index in [1.54, 1.807) is 0 Å². The monoisotopic (exact) mass is 294 g/mol. The number of carbonyl (C=O) groups excluding carboxylic acids is 1. The maximum absolute atomic E-state index is 12.0. The average molecular weight is 295 g/mol. The molecule has 0 aliphatic heterocycles. The first-order chi connectivity index (χ1) is 7.68. The van der Waals surface area contributed by atoms with Gasteiger partial charge in [-0.25, -0.2) is 0 Å². The van der Waals surface area contributed by atoms with Crippen molar-refractivity contribution >= 4 is 33.0 Å². The zero-order valence-corrected chi connectivity index (χ0v) is 11.3. The van der Waals surface area contributed by atoms with Crippen LogP contribution >= 0.6 is 27.3 Å². The SMILES string of the molecule is Cc1ccsc1C(=O)Cc1ccccc1Br. The summed E-state index contributed by atoms with van der Waals surface area (Å²) >= 11 is 4.98. The van der Waals surface area contributed by atoms with E-state index < -0.39 is 0 Å². The van der Waals surface area contributed by atoms with Gasteiger partial charge in [-0.3, -0.25) is 4.79 Å². The molecule has 82 valence electrons. The van der Waals surface area contributed by atoms with Crippen molar-refractivity contribution < 1.29 is 4.79 Å². The van der Waals surface area contributed by atoms with Crippen molar-refractivity contribution in [2.24, 2.45) is 0 Å². The molecule has 0 saturated heterocycles. The Balaban J connectivity index is 2.21. The minimum atomic E-state index is 0.194. The molecule has 16 heavy (non-hydrogen) atoms. The van der Waals surface area contributed by atoms with Gasteiger partial charge in [0.05, 0.1) is 4.88 Å². The van der Waals surface area contributed by atoms with Gasteiger partial charge in [-0.2, -0.15) is 0 Å². The van der Waals surface area contributed by atoms with Crippen LogP contribution in [-0.2, 0) is 6.42 Å². The van der Waals surface area contributed by atoms with Crippen LogP contribution in [0.15, 0.2) is 40.2 Å². The smallest absolute Gasteiger partial charge is 0.177 e. The third-order valence-corrected chi connectivity index (χ3v) is 4.26. The van der Waals surface area contributed by atoms with E-state index in [9.17, 15) is 4.79 Å². The molecule has 0 atom stereocenters. The molecule has 0 bridgehead atoms. The molecule has 0 spiro atoms. The highest BCUT2D eigenvalue weighted by Gasteiger charge is 2.12. The van der Waals surface area contributed by atoms with Gasteiger partial charge in [-0.15, -0.1) is 11.3 Å². The Labute approximate surface area is 107 Å². The van der Waals surface area contributed by atoms with E-state index in [4.69, 9.17) is 0 Å². The fourth-order valence-corrected chi connectivity index (χ4v) is 2.84. The summed E-state index contributed by atoms with van der Waals surface area (Å²) < 4.78 is 0.998. The Morgan fingerprint density at radius 1 is 1.31 bits per heavy atom. The Bertz CT molecular complexity index is 516. The lowest BCUT2D eigenvalue weighted by molar-refractivity contribution is 0.0996. The number of thiophene rings is 1. The third-order valence-electron chi connectivity index (χ3n) is 2.42. The lowest BCUT2D eigenvalue weighted by atomic mass is 10.1. The third kappa shape index (κ3) is 2.42. The van der Waals surface area contributed by atoms with Crippen LogP contribution < -0.4 is 0 Å². The first-order valence-corrected chi connectivity index (χ1v) is 6.66. The number of halogens is 1. The van der Waals surface area contributed by atoms with Crippen molar-refractivity contribution in [3.05, 3.63) is 56.2 Å². The van der Waals surface area contributed by atoms with Gasteiger partial charge in [0.2, 0.25) is 0 Å².